The van der Waals surface area contributed by atoms with Gasteiger partial charge in [-0.15, -0.1) is 0 Å². The first kappa shape index (κ1) is 21.5. The Bertz CT molecular complexity index is 1260. The van der Waals surface area contributed by atoms with Crippen LogP contribution in [0.3, 0.4) is 0 Å². The number of hydrogen-bond donors (Lipinski definition) is 1. The van der Waals surface area contributed by atoms with Gasteiger partial charge in [-0.25, -0.2) is 8.78 Å². The number of aliphatic hydroxyl groups is 1. The number of aliphatic hydroxyl groups excluding tert-OH is 1. The molecule has 1 amide bonds. The summed E-state index contributed by atoms with van der Waals surface area (Å²) >= 11 is 6.15. The minimum Gasteiger partial charge on any atom is -0.507 e. The molecule has 3 aromatic rings. The van der Waals surface area contributed by atoms with E-state index < -0.39 is 35.1 Å². The highest BCUT2D eigenvalue weighted by Crippen LogP contribution is 2.43. The molecule has 1 heterocycles. The van der Waals surface area contributed by atoms with E-state index in [4.69, 9.17) is 16.3 Å². The number of carbonyl (C=O) groups excluding carboxylic acids is 2. The molecule has 0 bridgehead atoms. The number of benzene rings is 3. The number of ether oxygens (including phenoxy) is 1. The molecule has 32 heavy (non-hydrogen) atoms. The van der Waals surface area contributed by atoms with Crippen LogP contribution in [0.25, 0.3) is 5.76 Å². The lowest BCUT2D eigenvalue weighted by molar-refractivity contribution is -0.132. The molecular formula is C24H16ClF2NO4. The second-order valence-corrected chi connectivity index (χ2v) is 7.42. The monoisotopic (exact) mass is 455 g/mol. The van der Waals surface area contributed by atoms with Crippen LogP contribution in [-0.2, 0) is 9.59 Å². The van der Waals surface area contributed by atoms with E-state index in [0.29, 0.717) is 5.75 Å². The van der Waals surface area contributed by atoms with Crippen molar-refractivity contribution in [2.45, 2.75) is 6.04 Å². The van der Waals surface area contributed by atoms with Crippen LogP contribution in [0.4, 0.5) is 14.5 Å². The Balaban J connectivity index is 1.96. The van der Waals surface area contributed by atoms with Crippen molar-refractivity contribution < 1.29 is 28.2 Å². The van der Waals surface area contributed by atoms with E-state index in [1.807, 2.05) is 0 Å². The summed E-state index contributed by atoms with van der Waals surface area (Å²) in [5.74, 6) is -3.38. The van der Waals surface area contributed by atoms with Gasteiger partial charge in [0.1, 0.15) is 23.1 Å². The maximum Gasteiger partial charge on any atom is 0.300 e. The molecule has 0 spiro atoms. The molecule has 1 fully saturated rings. The zero-order valence-electron chi connectivity index (χ0n) is 16.7. The molecule has 0 saturated carbocycles. The van der Waals surface area contributed by atoms with Crippen molar-refractivity contribution in [3.63, 3.8) is 0 Å². The van der Waals surface area contributed by atoms with Crippen LogP contribution in [0.5, 0.6) is 5.75 Å². The van der Waals surface area contributed by atoms with Crippen LogP contribution in [-0.4, -0.2) is 23.9 Å². The summed E-state index contributed by atoms with van der Waals surface area (Å²) in [7, 11) is 1.42. The first-order chi connectivity index (χ1) is 15.3. The van der Waals surface area contributed by atoms with Crippen molar-refractivity contribution >= 4 is 34.7 Å². The zero-order valence-corrected chi connectivity index (χ0v) is 17.4. The second kappa shape index (κ2) is 8.43. The van der Waals surface area contributed by atoms with Crippen molar-refractivity contribution in [2.75, 3.05) is 12.0 Å². The summed E-state index contributed by atoms with van der Waals surface area (Å²) < 4.78 is 33.3. The highest BCUT2D eigenvalue weighted by Gasteiger charge is 2.47. The van der Waals surface area contributed by atoms with Gasteiger partial charge in [-0.05, 0) is 48.5 Å². The standard InChI is InChI=1S/C24H16ClF2NO4/c1-32-19-11-6-13(12-17(19)25)22(29)20-21(16-4-2-3-5-18(16)27)28(24(31)23(20)30)15-9-7-14(26)8-10-15/h2-12,21,29H,1H3/b22-20+. The molecule has 1 aliphatic heterocycles. The van der Waals surface area contributed by atoms with Crippen LogP contribution in [0.15, 0.2) is 72.3 Å². The smallest absolute Gasteiger partial charge is 0.300 e. The van der Waals surface area contributed by atoms with Gasteiger partial charge >= 0.3 is 0 Å². The average molecular weight is 456 g/mol. The SMILES string of the molecule is COc1ccc(/C(O)=C2\C(=O)C(=O)N(c3ccc(F)cc3)C2c2ccccc2F)cc1Cl. The van der Waals surface area contributed by atoms with E-state index in [9.17, 15) is 23.5 Å². The minimum absolute atomic E-state index is 0.00261. The van der Waals surface area contributed by atoms with E-state index in [0.717, 1.165) is 17.0 Å². The molecule has 1 N–H and O–H groups in total. The summed E-state index contributed by atoms with van der Waals surface area (Å²) in [5.41, 5.74) is 0.00524. The molecule has 1 atom stereocenters. The predicted molar refractivity (Wildman–Crippen MR) is 116 cm³/mol. The highest BCUT2D eigenvalue weighted by atomic mass is 35.5. The van der Waals surface area contributed by atoms with Crippen molar-refractivity contribution in [1.82, 2.24) is 0 Å². The molecule has 1 aliphatic rings. The van der Waals surface area contributed by atoms with Gasteiger partial charge in [-0.2, -0.15) is 0 Å². The third-order valence-corrected chi connectivity index (χ3v) is 5.47. The molecular weight excluding hydrogens is 440 g/mol. The predicted octanol–water partition coefficient (Wildman–Crippen LogP) is 5.25. The fourth-order valence-electron chi connectivity index (χ4n) is 3.66. The third kappa shape index (κ3) is 3.61. The van der Waals surface area contributed by atoms with Crippen molar-refractivity contribution in [3.05, 3.63) is 100 Å². The number of Topliss-reactive ketones (excluding diaryl/α,β-unsaturated/α-hetero) is 1. The van der Waals surface area contributed by atoms with Crippen LogP contribution >= 0.6 is 11.6 Å². The number of anilines is 1. The number of carbonyl (C=O) groups is 2. The number of ketones is 1. The van der Waals surface area contributed by atoms with Crippen LogP contribution in [0.1, 0.15) is 17.2 Å². The van der Waals surface area contributed by atoms with Gasteiger partial charge in [0.15, 0.2) is 0 Å². The summed E-state index contributed by atoms with van der Waals surface area (Å²) in [4.78, 5) is 27.0. The molecule has 4 rings (SSSR count). The third-order valence-electron chi connectivity index (χ3n) is 5.17. The van der Waals surface area contributed by atoms with Crippen molar-refractivity contribution in [3.8, 4) is 5.75 Å². The Morgan fingerprint density at radius 1 is 1.03 bits per heavy atom. The van der Waals surface area contributed by atoms with E-state index >= 15 is 0 Å². The van der Waals surface area contributed by atoms with Gasteiger partial charge in [-0.1, -0.05) is 29.8 Å². The highest BCUT2D eigenvalue weighted by molar-refractivity contribution is 6.51. The minimum atomic E-state index is -1.28. The number of rotatable bonds is 4. The summed E-state index contributed by atoms with van der Waals surface area (Å²) in [6.07, 6.45) is 0. The average Bonchev–Trinajstić information content (AvgIpc) is 3.04. The molecule has 8 heteroatoms. The quantitative estimate of drug-likeness (QED) is 0.331. The Morgan fingerprint density at radius 2 is 1.72 bits per heavy atom. The van der Waals surface area contributed by atoms with Gasteiger partial charge in [0.05, 0.1) is 23.7 Å². The van der Waals surface area contributed by atoms with Crippen molar-refractivity contribution in [1.29, 1.82) is 0 Å². The summed E-state index contributed by atoms with van der Waals surface area (Å²) in [5, 5.41) is 11.2. The van der Waals surface area contributed by atoms with E-state index in [1.165, 1.54) is 55.6 Å². The van der Waals surface area contributed by atoms with Crippen LogP contribution in [0.2, 0.25) is 5.02 Å². The van der Waals surface area contributed by atoms with Gasteiger partial charge in [0.2, 0.25) is 0 Å². The normalized spacial score (nSPS) is 17.6. The molecule has 5 nitrogen and oxygen atoms in total. The lowest BCUT2D eigenvalue weighted by atomic mass is 9.94. The van der Waals surface area contributed by atoms with E-state index in [1.54, 1.807) is 6.07 Å². The second-order valence-electron chi connectivity index (χ2n) is 7.02. The summed E-state index contributed by atoms with van der Waals surface area (Å²) in [6, 6.07) is 13.5. The molecule has 1 saturated heterocycles. The molecule has 162 valence electrons. The van der Waals surface area contributed by atoms with Crippen molar-refractivity contribution in [2.24, 2.45) is 0 Å². The Hall–Kier alpha value is -3.71. The first-order valence-electron chi connectivity index (χ1n) is 9.48. The zero-order chi connectivity index (χ0) is 23.0. The first-order valence-corrected chi connectivity index (χ1v) is 9.86. The number of methoxy groups -OCH3 is 1. The maximum atomic E-state index is 14.8. The lowest BCUT2D eigenvalue weighted by Gasteiger charge is -2.25. The summed E-state index contributed by atoms with van der Waals surface area (Å²) in [6.45, 7) is 0. The molecule has 0 radical (unpaired) electrons. The van der Waals surface area contributed by atoms with Crippen LogP contribution < -0.4 is 9.64 Å². The Morgan fingerprint density at radius 3 is 2.34 bits per heavy atom. The van der Waals surface area contributed by atoms with E-state index in [-0.39, 0.29) is 27.4 Å². The van der Waals surface area contributed by atoms with E-state index in [2.05, 4.69) is 0 Å². The number of amides is 1. The Labute approximate surface area is 187 Å². The Kier molecular flexibility index (Phi) is 5.67. The fraction of sp³-hybridized carbons (Fsp3) is 0.0833. The van der Waals surface area contributed by atoms with Gasteiger partial charge in [0.25, 0.3) is 11.7 Å². The lowest BCUT2D eigenvalue weighted by Crippen LogP contribution is -2.29. The molecule has 0 aliphatic carbocycles. The maximum absolute atomic E-state index is 14.8. The van der Waals surface area contributed by atoms with Gasteiger partial charge in [-0.3, -0.25) is 14.5 Å². The van der Waals surface area contributed by atoms with Gasteiger partial charge in [0, 0.05) is 16.8 Å². The molecule has 0 aromatic heterocycles. The fourth-order valence-corrected chi connectivity index (χ4v) is 3.92. The number of halogens is 3. The van der Waals surface area contributed by atoms with Crippen LogP contribution in [0, 0.1) is 11.6 Å². The topological polar surface area (TPSA) is 66.8 Å². The van der Waals surface area contributed by atoms with Gasteiger partial charge < -0.3 is 9.84 Å². The number of nitrogens with zero attached hydrogens (tertiary/aromatic N) is 1. The molecule has 1 unspecified atom stereocenters. The molecule has 3 aromatic carbocycles. The number of hydrogen-bond acceptors (Lipinski definition) is 4. The largest absolute Gasteiger partial charge is 0.507 e.